The summed E-state index contributed by atoms with van der Waals surface area (Å²) in [6, 6.07) is 0. The van der Waals surface area contributed by atoms with Crippen LogP contribution in [0.5, 0.6) is 0 Å². The summed E-state index contributed by atoms with van der Waals surface area (Å²) >= 11 is 0. The van der Waals surface area contributed by atoms with Crippen molar-refractivity contribution in [2.75, 3.05) is 13.1 Å². The Morgan fingerprint density at radius 3 is 2.92 bits per heavy atom. The number of Topliss-reactive ketones (excluding diaryl/α,β-unsaturated/α-hetero) is 1. The molecule has 1 rings (SSSR count). The van der Waals surface area contributed by atoms with E-state index in [1.807, 2.05) is 6.08 Å². The maximum absolute atomic E-state index is 11.9. The van der Waals surface area contributed by atoms with Crippen molar-refractivity contribution in [3.63, 3.8) is 0 Å². The fourth-order valence-electron chi connectivity index (χ4n) is 1.98. The quantitative estimate of drug-likeness (QED) is 0.656. The maximum atomic E-state index is 11.9. The van der Waals surface area contributed by atoms with Crippen LogP contribution in [0.4, 0.5) is 0 Å². The van der Waals surface area contributed by atoms with Crippen LogP contribution in [0, 0.1) is 5.41 Å². The van der Waals surface area contributed by atoms with Gasteiger partial charge in [0, 0.05) is 18.4 Å². The Morgan fingerprint density at radius 1 is 1.69 bits per heavy atom. The Morgan fingerprint density at radius 2 is 2.46 bits per heavy atom. The molecule has 0 spiro atoms. The smallest absolute Gasteiger partial charge is 0.140 e. The van der Waals surface area contributed by atoms with Crippen molar-refractivity contribution in [2.45, 2.75) is 32.6 Å². The summed E-state index contributed by atoms with van der Waals surface area (Å²) < 4.78 is 0. The summed E-state index contributed by atoms with van der Waals surface area (Å²) in [5.41, 5.74) is -0.0526. The van der Waals surface area contributed by atoms with Crippen LogP contribution in [0.2, 0.25) is 0 Å². The molecule has 1 aliphatic rings. The van der Waals surface area contributed by atoms with Crippen LogP contribution in [0.3, 0.4) is 0 Å². The molecule has 1 unspecified atom stereocenters. The molecule has 2 nitrogen and oxygen atoms in total. The Hall–Kier alpha value is -0.630. The van der Waals surface area contributed by atoms with Gasteiger partial charge in [-0.15, -0.1) is 6.58 Å². The average molecular weight is 181 g/mol. The monoisotopic (exact) mass is 181 g/mol. The Balaban J connectivity index is 2.54. The number of carbonyl (C=O) groups excluding carboxylic acids is 1. The molecule has 0 aromatic heterocycles. The van der Waals surface area contributed by atoms with Gasteiger partial charge in [0.05, 0.1) is 0 Å². The van der Waals surface area contributed by atoms with Gasteiger partial charge >= 0.3 is 0 Å². The highest BCUT2D eigenvalue weighted by atomic mass is 16.1. The summed E-state index contributed by atoms with van der Waals surface area (Å²) in [6.45, 7) is 7.62. The third-order valence-corrected chi connectivity index (χ3v) is 3.09. The van der Waals surface area contributed by atoms with E-state index in [1.54, 1.807) is 0 Å². The Bertz CT molecular complexity index is 192. The third kappa shape index (κ3) is 2.19. The van der Waals surface area contributed by atoms with E-state index in [1.165, 1.54) is 0 Å². The van der Waals surface area contributed by atoms with Crippen molar-refractivity contribution in [1.29, 1.82) is 0 Å². The highest BCUT2D eigenvalue weighted by Gasteiger charge is 2.38. The normalized spacial score (nSPS) is 27.5. The lowest BCUT2D eigenvalue weighted by molar-refractivity contribution is -0.127. The lowest BCUT2D eigenvalue weighted by atomic mass is 9.78. The van der Waals surface area contributed by atoms with Crippen molar-refractivity contribution in [3.05, 3.63) is 12.7 Å². The van der Waals surface area contributed by atoms with E-state index in [0.29, 0.717) is 12.2 Å². The zero-order valence-corrected chi connectivity index (χ0v) is 8.44. The van der Waals surface area contributed by atoms with Crippen LogP contribution < -0.4 is 5.32 Å². The summed E-state index contributed by atoms with van der Waals surface area (Å²) in [7, 11) is 0. The summed E-state index contributed by atoms with van der Waals surface area (Å²) in [4.78, 5) is 11.9. The van der Waals surface area contributed by atoms with E-state index in [4.69, 9.17) is 0 Å². The molecule has 1 atom stereocenters. The predicted octanol–water partition coefficient (Wildman–Crippen LogP) is 1.91. The Kier molecular flexibility index (Phi) is 3.67. The molecule has 1 aliphatic heterocycles. The minimum atomic E-state index is -0.0526. The van der Waals surface area contributed by atoms with E-state index in [9.17, 15) is 4.79 Å². The number of nitrogens with one attached hydrogen (secondary N) is 1. The lowest BCUT2D eigenvalue weighted by Gasteiger charge is -2.24. The molecule has 0 amide bonds. The molecule has 0 bridgehead atoms. The van der Waals surface area contributed by atoms with Crippen molar-refractivity contribution >= 4 is 5.78 Å². The highest BCUT2D eigenvalue weighted by Crippen LogP contribution is 2.31. The fourth-order valence-corrected chi connectivity index (χ4v) is 1.98. The summed E-state index contributed by atoms with van der Waals surface area (Å²) in [5, 5.41) is 3.27. The van der Waals surface area contributed by atoms with Gasteiger partial charge < -0.3 is 5.32 Å². The minimum absolute atomic E-state index is 0.0526. The van der Waals surface area contributed by atoms with Gasteiger partial charge in [0.1, 0.15) is 5.78 Å². The average Bonchev–Trinajstić information content (AvgIpc) is 2.63. The van der Waals surface area contributed by atoms with E-state index in [0.717, 1.165) is 32.4 Å². The second kappa shape index (κ2) is 4.56. The summed E-state index contributed by atoms with van der Waals surface area (Å²) in [5.74, 6) is 0.417. The number of ketones is 1. The van der Waals surface area contributed by atoms with Gasteiger partial charge in [-0.3, -0.25) is 4.79 Å². The molecule has 0 radical (unpaired) electrons. The molecule has 0 aliphatic carbocycles. The number of allylic oxidation sites excluding steroid dienone is 1. The third-order valence-electron chi connectivity index (χ3n) is 3.09. The summed E-state index contributed by atoms with van der Waals surface area (Å²) in [6.07, 6.45) is 5.29. The molecular formula is C11H19NO. The lowest BCUT2D eigenvalue weighted by Crippen LogP contribution is -2.32. The van der Waals surface area contributed by atoms with Gasteiger partial charge in [0.15, 0.2) is 0 Å². The SMILES string of the molecule is C=CCCC(=O)C1(CC)CCNC1. The first-order valence-corrected chi connectivity index (χ1v) is 5.10. The first-order chi connectivity index (χ1) is 6.25. The molecule has 0 saturated carbocycles. The molecule has 13 heavy (non-hydrogen) atoms. The van der Waals surface area contributed by atoms with Gasteiger partial charge in [-0.1, -0.05) is 13.0 Å². The van der Waals surface area contributed by atoms with E-state index < -0.39 is 0 Å². The van der Waals surface area contributed by atoms with Crippen molar-refractivity contribution < 1.29 is 4.79 Å². The molecule has 1 heterocycles. The number of rotatable bonds is 5. The number of hydrogen-bond donors (Lipinski definition) is 1. The van der Waals surface area contributed by atoms with Crippen LogP contribution in [-0.4, -0.2) is 18.9 Å². The molecule has 1 saturated heterocycles. The first kappa shape index (κ1) is 10.5. The van der Waals surface area contributed by atoms with Crippen LogP contribution in [0.1, 0.15) is 32.6 Å². The molecule has 74 valence electrons. The standard InChI is InChI=1S/C11H19NO/c1-3-5-6-10(13)11(4-2)7-8-12-9-11/h3,12H,1,4-9H2,2H3. The second-order valence-electron chi connectivity index (χ2n) is 3.81. The fraction of sp³-hybridized carbons (Fsp3) is 0.727. The van der Waals surface area contributed by atoms with E-state index in [-0.39, 0.29) is 5.41 Å². The van der Waals surface area contributed by atoms with Crippen LogP contribution in [0.15, 0.2) is 12.7 Å². The second-order valence-corrected chi connectivity index (χ2v) is 3.81. The topological polar surface area (TPSA) is 29.1 Å². The first-order valence-electron chi connectivity index (χ1n) is 5.10. The molecule has 0 aromatic rings. The minimum Gasteiger partial charge on any atom is -0.316 e. The predicted molar refractivity (Wildman–Crippen MR) is 54.6 cm³/mol. The van der Waals surface area contributed by atoms with Gasteiger partial charge in [-0.05, 0) is 25.8 Å². The van der Waals surface area contributed by atoms with Gasteiger partial charge in [-0.25, -0.2) is 0 Å². The molecular weight excluding hydrogens is 162 g/mol. The van der Waals surface area contributed by atoms with Crippen molar-refractivity contribution in [2.24, 2.45) is 5.41 Å². The van der Waals surface area contributed by atoms with Crippen LogP contribution in [0.25, 0.3) is 0 Å². The van der Waals surface area contributed by atoms with Crippen molar-refractivity contribution in [1.82, 2.24) is 5.32 Å². The number of hydrogen-bond acceptors (Lipinski definition) is 2. The van der Waals surface area contributed by atoms with Crippen molar-refractivity contribution in [3.8, 4) is 0 Å². The zero-order chi connectivity index (χ0) is 9.73. The largest absolute Gasteiger partial charge is 0.316 e. The van der Waals surface area contributed by atoms with Gasteiger partial charge in [0.25, 0.3) is 0 Å². The highest BCUT2D eigenvalue weighted by molar-refractivity contribution is 5.85. The molecule has 1 N–H and O–H groups in total. The molecule has 2 heteroatoms. The van der Waals surface area contributed by atoms with Crippen LogP contribution in [-0.2, 0) is 4.79 Å². The Labute approximate surface area is 80.4 Å². The zero-order valence-electron chi connectivity index (χ0n) is 8.44. The molecule has 1 fully saturated rings. The van der Waals surface area contributed by atoms with E-state index in [2.05, 4.69) is 18.8 Å². The molecule has 0 aromatic carbocycles. The number of carbonyl (C=O) groups is 1. The van der Waals surface area contributed by atoms with Crippen LogP contribution >= 0.6 is 0 Å². The van der Waals surface area contributed by atoms with Gasteiger partial charge in [-0.2, -0.15) is 0 Å². The van der Waals surface area contributed by atoms with E-state index >= 15 is 0 Å². The maximum Gasteiger partial charge on any atom is 0.140 e. The van der Waals surface area contributed by atoms with Gasteiger partial charge in [0.2, 0.25) is 0 Å².